The summed E-state index contributed by atoms with van der Waals surface area (Å²) in [5.74, 6) is 0.0968. The van der Waals surface area contributed by atoms with Gasteiger partial charge in [-0.1, -0.05) is 50.6 Å². The molecule has 0 aliphatic heterocycles. The number of aryl methyl sites for hydroxylation is 1. The van der Waals surface area contributed by atoms with Crippen LogP contribution in [-0.2, 0) is 10.2 Å². The van der Waals surface area contributed by atoms with Gasteiger partial charge in [-0.15, -0.1) is 0 Å². The zero-order chi connectivity index (χ0) is 20.2. The molecule has 0 aromatic heterocycles. The Morgan fingerprint density at radius 1 is 1.26 bits per heavy atom. The molecule has 27 heavy (non-hydrogen) atoms. The van der Waals surface area contributed by atoms with Crippen LogP contribution in [0.2, 0.25) is 5.02 Å². The molecule has 0 aliphatic rings. The number of ether oxygens (including phenoxy) is 1. The predicted molar refractivity (Wildman–Crippen MR) is 113 cm³/mol. The molecule has 0 heterocycles. The Balaban J connectivity index is 2.00. The van der Waals surface area contributed by atoms with Crippen LogP contribution in [0.15, 0.2) is 36.4 Å². The van der Waals surface area contributed by atoms with Gasteiger partial charge in [-0.05, 0) is 53.9 Å². The molecule has 0 saturated heterocycles. The second kappa shape index (κ2) is 8.59. The van der Waals surface area contributed by atoms with Crippen molar-refractivity contribution in [3.63, 3.8) is 0 Å². The molecule has 0 aliphatic carbocycles. The molecule has 144 valence electrons. The number of hydrogen-bond donors (Lipinski definition) is 3. The van der Waals surface area contributed by atoms with Crippen molar-refractivity contribution in [2.75, 3.05) is 11.9 Å². The summed E-state index contributed by atoms with van der Waals surface area (Å²) < 4.78 is 5.49. The molecule has 3 N–H and O–H groups in total. The number of carbonyl (C=O) groups is 1. The highest BCUT2D eigenvalue weighted by molar-refractivity contribution is 7.80. The number of carbonyl (C=O) groups excluding carboxylic acids is 1. The van der Waals surface area contributed by atoms with Crippen molar-refractivity contribution in [2.45, 2.75) is 33.1 Å². The number of amides is 1. The Hall–Kier alpha value is -2.31. The van der Waals surface area contributed by atoms with Gasteiger partial charge in [0.2, 0.25) is 0 Å². The number of para-hydroxylation sites is 1. The minimum absolute atomic E-state index is 0.0470. The fourth-order valence-electron chi connectivity index (χ4n) is 2.31. The average Bonchev–Trinajstić information content (AvgIpc) is 2.57. The lowest BCUT2D eigenvalue weighted by Crippen LogP contribution is -2.37. The summed E-state index contributed by atoms with van der Waals surface area (Å²) in [6, 6.07) is 10.9. The number of benzene rings is 2. The van der Waals surface area contributed by atoms with E-state index in [-0.39, 0.29) is 27.9 Å². The lowest BCUT2D eigenvalue weighted by molar-refractivity contribution is -0.121. The molecule has 0 bridgehead atoms. The number of anilines is 1. The van der Waals surface area contributed by atoms with E-state index in [2.05, 4.69) is 10.6 Å². The van der Waals surface area contributed by atoms with Crippen LogP contribution in [0.3, 0.4) is 0 Å². The zero-order valence-electron chi connectivity index (χ0n) is 15.7. The first-order valence-electron chi connectivity index (χ1n) is 8.40. The number of hydrogen-bond acceptors (Lipinski definition) is 4. The molecular formula is C20H23ClN2O3S. The van der Waals surface area contributed by atoms with Gasteiger partial charge < -0.3 is 15.2 Å². The molecule has 0 saturated carbocycles. The Bertz CT molecular complexity index is 863. The Labute approximate surface area is 169 Å². The van der Waals surface area contributed by atoms with E-state index in [1.807, 2.05) is 45.9 Å². The van der Waals surface area contributed by atoms with Crippen molar-refractivity contribution in [1.82, 2.24) is 5.32 Å². The van der Waals surface area contributed by atoms with E-state index in [1.54, 1.807) is 18.2 Å². The highest BCUT2D eigenvalue weighted by atomic mass is 35.5. The first-order chi connectivity index (χ1) is 12.6. The summed E-state index contributed by atoms with van der Waals surface area (Å²) in [4.78, 5) is 12.1. The third-order valence-corrected chi connectivity index (χ3v) is 4.38. The Morgan fingerprint density at radius 2 is 1.93 bits per heavy atom. The second-order valence-electron chi connectivity index (χ2n) is 7.16. The van der Waals surface area contributed by atoms with Gasteiger partial charge >= 0.3 is 0 Å². The Morgan fingerprint density at radius 3 is 2.56 bits per heavy atom. The summed E-state index contributed by atoms with van der Waals surface area (Å²) >= 11 is 11.3. The summed E-state index contributed by atoms with van der Waals surface area (Å²) in [5.41, 5.74) is 2.02. The number of rotatable bonds is 4. The molecule has 0 radical (unpaired) electrons. The van der Waals surface area contributed by atoms with Crippen LogP contribution in [0, 0.1) is 6.92 Å². The van der Waals surface area contributed by atoms with E-state index in [1.165, 1.54) is 0 Å². The van der Waals surface area contributed by atoms with Crippen LogP contribution in [0.4, 0.5) is 5.69 Å². The van der Waals surface area contributed by atoms with Gasteiger partial charge in [-0.25, -0.2) is 0 Å². The van der Waals surface area contributed by atoms with Gasteiger partial charge in [0.25, 0.3) is 5.91 Å². The van der Waals surface area contributed by atoms with Gasteiger partial charge in [-0.3, -0.25) is 10.1 Å². The molecule has 5 nitrogen and oxygen atoms in total. The van der Waals surface area contributed by atoms with Crippen LogP contribution in [0.1, 0.15) is 31.9 Å². The van der Waals surface area contributed by atoms with Gasteiger partial charge in [0.1, 0.15) is 5.75 Å². The summed E-state index contributed by atoms with van der Waals surface area (Å²) in [5, 5.41) is 15.8. The van der Waals surface area contributed by atoms with Crippen LogP contribution in [-0.4, -0.2) is 22.7 Å². The quantitative estimate of drug-likeness (QED) is 0.513. The topological polar surface area (TPSA) is 70.6 Å². The maximum atomic E-state index is 12.1. The third kappa shape index (κ3) is 5.84. The molecule has 2 aromatic rings. The minimum Gasteiger partial charge on any atom is -0.504 e. The largest absolute Gasteiger partial charge is 0.504 e. The van der Waals surface area contributed by atoms with Crippen LogP contribution in [0.5, 0.6) is 11.5 Å². The number of aromatic hydroxyl groups is 1. The van der Waals surface area contributed by atoms with E-state index in [9.17, 15) is 9.90 Å². The summed E-state index contributed by atoms with van der Waals surface area (Å²) in [6.07, 6.45) is 0. The molecule has 1 amide bonds. The zero-order valence-corrected chi connectivity index (χ0v) is 17.3. The summed E-state index contributed by atoms with van der Waals surface area (Å²) in [6.45, 7) is 7.81. The standard InChI is InChI=1S/C20H23ClN2O3S/c1-12-7-5-6-8-16(12)26-11-17(24)23-19(27)22-15-10-13(20(2,3)4)9-14(21)18(15)25/h5-10,25H,11H2,1-4H3,(H2,22,23,24,27). The number of thiocarbonyl (C=S) groups is 1. The number of phenols is 1. The summed E-state index contributed by atoms with van der Waals surface area (Å²) in [7, 11) is 0. The van der Waals surface area contributed by atoms with Crippen LogP contribution < -0.4 is 15.4 Å². The van der Waals surface area contributed by atoms with Crippen molar-refractivity contribution < 1.29 is 14.6 Å². The SMILES string of the molecule is Cc1ccccc1OCC(=O)NC(=S)Nc1cc(C(C)(C)C)cc(Cl)c1O. The van der Waals surface area contributed by atoms with E-state index in [0.29, 0.717) is 11.4 Å². The third-order valence-electron chi connectivity index (χ3n) is 3.88. The van der Waals surface area contributed by atoms with Crippen LogP contribution in [0.25, 0.3) is 0 Å². The number of phenolic OH excluding ortho intramolecular Hbond substituents is 1. The van der Waals surface area contributed by atoms with Gasteiger partial charge in [0, 0.05) is 0 Å². The first-order valence-corrected chi connectivity index (χ1v) is 9.19. The van der Waals surface area contributed by atoms with E-state index < -0.39 is 5.91 Å². The van der Waals surface area contributed by atoms with Crippen molar-refractivity contribution in [1.29, 1.82) is 0 Å². The molecule has 2 rings (SSSR count). The number of halogens is 1. The smallest absolute Gasteiger partial charge is 0.264 e. The highest BCUT2D eigenvalue weighted by Crippen LogP contribution is 2.37. The van der Waals surface area contributed by atoms with Gasteiger partial charge in [0.05, 0.1) is 10.7 Å². The van der Waals surface area contributed by atoms with Crippen molar-refractivity contribution in [3.8, 4) is 11.5 Å². The van der Waals surface area contributed by atoms with Crippen molar-refractivity contribution in [3.05, 3.63) is 52.5 Å². The van der Waals surface area contributed by atoms with E-state index in [0.717, 1.165) is 11.1 Å². The molecule has 7 heteroatoms. The van der Waals surface area contributed by atoms with Crippen molar-refractivity contribution in [2.24, 2.45) is 0 Å². The highest BCUT2D eigenvalue weighted by Gasteiger charge is 2.19. The maximum Gasteiger partial charge on any atom is 0.264 e. The van der Waals surface area contributed by atoms with Gasteiger partial charge in [-0.2, -0.15) is 0 Å². The maximum absolute atomic E-state index is 12.1. The first kappa shape index (κ1) is 21.0. The fraction of sp³-hybridized carbons (Fsp3) is 0.300. The minimum atomic E-state index is -0.409. The fourth-order valence-corrected chi connectivity index (χ4v) is 2.75. The molecule has 0 spiro atoms. The normalized spacial score (nSPS) is 11.0. The predicted octanol–water partition coefficient (Wildman–Crippen LogP) is 4.54. The van der Waals surface area contributed by atoms with E-state index >= 15 is 0 Å². The molecule has 0 atom stereocenters. The molecular weight excluding hydrogens is 384 g/mol. The van der Waals surface area contributed by atoms with E-state index in [4.69, 9.17) is 28.6 Å². The molecule has 0 fully saturated rings. The Kier molecular flexibility index (Phi) is 6.68. The molecule has 2 aromatic carbocycles. The van der Waals surface area contributed by atoms with Crippen LogP contribution >= 0.6 is 23.8 Å². The lowest BCUT2D eigenvalue weighted by Gasteiger charge is -2.21. The monoisotopic (exact) mass is 406 g/mol. The molecule has 0 unspecified atom stereocenters. The average molecular weight is 407 g/mol. The van der Waals surface area contributed by atoms with Gasteiger partial charge in [0.15, 0.2) is 17.5 Å². The second-order valence-corrected chi connectivity index (χ2v) is 7.98. The lowest BCUT2D eigenvalue weighted by atomic mass is 9.87. The van der Waals surface area contributed by atoms with Crippen molar-refractivity contribution >= 4 is 40.5 Å². The number of nitrogens with one attached hydrogen (secondary N) is 2.